The zero-order valence-electron chi connectivity index (χ0n) is 8.45. The fourth-order valence-corrected chi connectivity index (χ4v) is 0.834. The van der Waals surface area contributed by atoms with Gasteiger partial charge in [0.1, 0.15) is 12.4 Å². The van der Waals surface area contributed by atoms with Gasteiger partial charge in [-0.25, -0.2) is 0 Å². The maximum absolute atomic E-state index is 5.57. The molecule has 0 aliphatic carbocycles. The van der Waals surface area contributed by atoms with Crippen molar-refractivity contribution in [2.24, 2.45) is 0 Å². The summed E-state index contributed by atoms with van der Waals surface area (Å²) in [5.41, 5.74) is 0. The van der Waals surface area contributed by atoms with E-state index in [9.17, 15) is 0 Å². The van der Waals surface area contributed by atoms with Crippen molar-refractivity contribution in [2.75, 3.05) is 20.7 Å². The van der Waals surface area contributed by atoms with E-state index in [0.29, 0.717) is 6.04 Å². The van der Waals surface area contributed by atoms with E-state index in [2.05, 4.69) is 17.9 Å². The molecule has 1 atom stereocenters. The minimum atomic E-state index is 0.434. The predicted molar refractivity (Wildman–Crippen MR) is 53.9 cm³/mol. The van der Waals surface area contributed by atoms with Gasteiger partial charge in [0.2, 0.25) is 0 Å². The van der Waals surface area contributed by atoms with Crippen LogP contribution in [-0.2, 0) is 0 Å². The highest BCUT2D eigenvalue weighted by atomic mass is 16.5. The van der Waals surface area contributed by atoms with Crippen LogP contribution >= 0.6 is 0 Å². The van der Waals surface area contributed by atoms with E-state index in [0.717, 1.165) is 12.4 Å². The van der Waals surface area contributed by atoms with E-state index in [1.165, 1.54) is 0 Å². The molecule has 1 rings (SSSR count). The van der Waals surface area contributed by atoms with E-state index in [4.69, 9.17) is 4.74 Å². The Hall–Kier alpha value is -1.02. The summed E-state index contributed by atoms with van der Waals surface area (Å²) in [4.78, 5) is 2.13. The Labute approximate surface area is 80.1 Å². The SMILES string of the molecule is CC(COc1cc[c]cc1)N(C)C. The predicted octanol–water partition coefficient (Wildman–Crippen LogP) is 1.82. The summed E-state index contributed by atoms with van der Waals surface area (Å²) in [6.45, 7) is 2.85. The Morgan fingerprint density at radius 3 is 2.54 bits per heavy atom. The normalized spacial score (nSPS) is 12.9. The molecule has 2 heteroatoms. The van der Waals surface area contributed by atoms with Gasteiger partial charge in [-0.15, -0.1) is 0 Å². The maximum Gasteiger partial charge on any atom is 0.119 e. The number of benzene rings is 1. The van der Waals surface area contributed by atoms with Crippen molar-refractivity contribution >= 4 is 0 Å². The number of likely N-dealkylation sites (N-methyl/N-ethyl adjacent to an activating group) is 1. The van der Waals surface area contributed by atoms with E-state index < -0.39 is 0 Å². The minimum Gasteiger partial charge on any atom is -0.492 e. The number of nitrogens with zero attached hydrogens (tertiary/aromatic N) is 1. The summed E-state index contributed by atoms with van der Waals surface area (Å²) >= 11 is 0. The maximum atomic E-state index is 5.57. The van der Waals surface area contributed by atoms with Crippen LogP contribution in [0.5, 0.6) is 5.75 Å². The lowest BCUT2D eigenvalue weighted by Gasteiger charge is -2.19. The molecule has 71 valence electrons. The molecule has 0 amide bonds. The lowest BCUT2D eigenvalue weighted by atomic mass is 10.3. The molecule has 0 spiro atoms. The van der Waals surface area contributed by atoms with Crippen LogP contribution in [0.1, 0.15) is 6.92 Å². The number of rotatable bonds is 4. The Balaban J connectivity index is 2.35. The van der Waals surface area contributed by atoms with Gasteiger partial charge in [0.15, 0.2) is 0 Å². The minimum absolute atomic E-state index is 0.434. The molecule has 0 N–H and O–H groups in total. The average molecular weight is 178 g/mol. The second kappa shape index (κ2) is 4.87. The molecular formula is C11H16NO. The Morgan fingerprint density at radius 2 is 2.00 bits per heavy atom. The monoisotopic (exact) mass is 178 g/mol. The van der Waals surface area contributed by atoms with Crippen LogP contribution in [0.25, 0.3) is 0 Å². The Kier molecular flexibility index (Phi) is 3.77. The lowest BCUT2D eigenvalue weighted by molar-refractivity contribution is 0.198. The molecule has 0 aromatic heterocycles. The molecule has 1 radical (unpaired) electrons. The van der Waals surface area contributed by atoms with E-state index in [1.54, 1.807) is 0 Å². The van der Waals surface area contributed by atoms with Gasteiger partial charge >= 0.3 is 0 Å². The van der Waals surface area contributed by atoms with Crippen LogP contribution in [0.3, 0.4) is 0 Å². The smallest absolute Gasteiger partial charge is 0.119 e. The summed E-state index contributed by atoms with van der Waals surface area (Å²) < 4.78 is 5.57. The zero-order valence-corrected chi connectivity index (χ0v) is 8.45. The van der Waals surface area contributed by atoms with E-state index in [1.807, 2.05) is 38.4 Å². The molecule has 0 saturated heterocycles. The van der Waals surface area contributed by atoms with Gasteiger partial charge in [-0.1, -0.05) is 12.1 Å². The highest BCUT2D eigenvalue weighted by Gasteiger charge is 2.04. The number of ether oxygens (including phenoxy) is 1. The molecule has 0 aliphatic heterocycles. The summed E-state index contributed by atoms with van der Waals surface area (Å²) in [7, 11) is 4.10. The molecule has 0 fully saturated rings. The van der Waals surface area contributed by atoms with Crippen molar-refractivity contribution in [1.82, 2.24) is 4.90 Å². The third-order valence-electron chi connectivity index (χ3n) is 2.06. The Morgan fingerprint density at radius 1 is 1.38 bits per heavy atom. The van der Waals surface area contributed by atoms with Crippen LogP contribution in [0.15, 0.2) is 24.3 Å². The van der Waals surface area contributed by atoms with Gasteiger partial charge in [0.25, 0.3) is 0 Å². The molecule has 1 aromatic carbocycles. The van der Waals surface area contributed by atoms with Crippen LogP contribution in [0.2, 0.25) is 0 Å². The molecule has 2 nitrogen and oxygen atoms in total. The van der Waals surface area contributed by atoms with Gasteiger partial charge in [0.05, 0.1) is 0 Å². The van der Waals surface area contributed by atoms with E-state index in [-0.39, 0.29) is 0 Å². The van der Waals surface area contributed by atoms with Crippen molar-refractivity contribution in [3.63, 3.8) is 0 Å². The van der Waals surface area contributed by atoms with Gasteiger partial charge in [-0.05, 0) is 39.2 Å². The quantitative estimate of drug-likeness (QED) is 0.697. The van der Waals surface area contributed by atoms with Crippen molar-refractivity contribution in [3.8, 4) is 5.75 Å². The molecule has 1 aromatic rings. The number of hydrogen-bond donors (Lipinski definition) is 0. The van der Waals surface area contributed by atoms with Crippen molar-refractivity contribution in [1.29, 1.82) is 0 Å². The molecule has 0 heterocycles. The van der Waals surface area contributed by atoms with Crippen LogP contribution in [0, 0.1) is 6.07 Å². The Bertz CT molecular complexity index is 233. The first-order valence-corrected chi connectivity index (χ1v) is 4.45. The van der Waals surface area contributed by atoms with Crippen molar-refractivity contribution in [3.05, 3.63) is 30.3 Å². The molecule has 13 heavy (non-hydrogen) atoms. The highest BCUT2D eigenvalue weighted by molar-refractivity contribution is 5.20. The first-order valence-electron chi connectivity index (χ1n) is 4.45. The third-order valence-corrected chi connectivity index (χ3v) is 2.06. The average Bonchev–Trinajstić information content (AvgIpc) is 2.15. The standard InChI is InChI=1S/C11H16NO/c1-10(12(2)3)9-13-11-7-5-4-6-8-11/h5-8,10H,9H2,1-3H3. The zero-order chi connectivity index (χ0) is 9.68. The molecule has 1 unspecified atom stereocenters. The first kappa shape index (κ1) is 10.1. The number of hydrogen-bond acceptors (Lipinski definition) is 2. The lowest BCUT2D eigenvalue weighted by Crippen LogP contribution is -2.30. The molecular weight excluding hydrogens is 162 g/mol. The fourth-order valence-electron chi connectivity index (χ4n) is 0.834. The highest BCUT2D eigenvalue weighted by Crippen LogP contribution is 2.08. The van der Waals surface area contributed by atoms with Crippen LogP contribution < -0.4 is 4.74 Å². The van der Waals surface area contributed by atoms with Crippen molar-refractivity contribution < 1.29 is 4.74 Å². The summed E-state index contributed by atoms with van der Waals surface area (Å²) in [6, 6.07) is 10.9. The second-order valence-corrected chi connectivity index (χ2v) is 3.36. The second-order valence-electron chi connectivity index (χ2n) is 3.36. The summed E-state index contributed by atoms with van der Waals surface area (Å²) in [5, 5.41) is 0. The topological polar surface area (TPSA) is 12.5 Å². The molecule has 0 aliphatic rings. The molecule has 0 bridgehead atoms. The van der Waals surface area contributed by atoms with Crippen molar-refractivity contribution in [2.45, 2.75) is 13.0 Å². The third kappa shape index (κ3) is 3.47. The summed E-state index contributed by atoms with van der Waals surface area (Å²) in [6.07, 6.45) is 0. The largest absolute Gasteiger partial charge is 0.492 e. The van der Waals surface area contributed by atoms with E-state index >= 15 is 0 Å². The van der Waals surface area contributed by atoms with Gasteiger partial charge in [0, 0.05) is 6.04 Å². The first-order chi connectivity index (χ1) is 6.20. The van der Waals surface area contributed by atoms with Gasteiger partial charge in [-0.2, -0.15) is 0 Å². The van der Waals surface area contributed by atoms with Gasteiger partial charge < -0.3 is 9.64 Å². The van der Waals surface area contributed by atoms with Crippen LogP contribution in [-0.4, -0.2) is 31.6 Å². The van der Waals surface area contributed by atoms with Gasteiger partial charge in [-0.3, -0.25) is 0 Å². The summed E-state index contributed by atoms with van der Waals surface area (Å²) in [5.74, 6) is 0.910. The fraction of sp³-hybridized carbons (Fsp3) is 0.455. The van der Waals surface area contributed by atoms with Crippen LogP contribution in [0.4, 0.5) is 0 Å². The molecule has 0 saturated carbocycles.